The van der Waals surface area contributed by atoms with E-state index in [1.54, 1.807) is 19.2 Å². The molecule has 4 rings (SSSR count). The van der Waals surface area contributed by atoms with Crippen LogP contribution in [-0.2, 0) is 0 Å². The van der Waals surface area contributed by atoms with Crippen LogP contribution in [0.25, 0.3) is 5.69 Å². The number of halogens is 1. The molecule has 0 radical (unpaired) electrons. The first-order valence-corrected chi connectivity index (χ1v) is 8.58. The van der Waals surface area contributed by atoms with Gasteiger partial charge >= 0.3 is 0 Å². The predicted octanol–water partition coefficient (Wildman–Crippen LogP) is 1.91. The van der Waals surface area contributed by atoms with Crippen LogP contribution in [0.3, 0.4) is 0 Å². The number of rotatable bonds is 3. The zero-order valence-electron chi connectivity index (χ0n) is 14.0. The highest BCUT2D eigenvalue weighted by Gasteiger charge is 2.40. The third-order valence-corrected chi connectivity index (χ3v) is 5.25. The van der Waals surface area contributed by atoms with Gasteiger partial charge in [-0.05, 0) is 62.1 Å². The molecule has 6 heteroatoms. The molecule has 2 fully saturated rings. The van der Waals surface area contributed by atoms with Crippen LogP contribution in [0.5, 0.6) is 0 Å². The average molecular weight is 341 g/mol. The van der Waals surface area contributed by atoms with Crippen LogP contribution < -0.4 is 16.2 Å². The molecule has 130 valence electrons. The van der Waals surface area contributed by atoms with E-state index in [0.29, 0.717) is 23.3 Å². The summed E-state index contributed by atoms with van der Waals surface area (Å²) < 4.78 is 14.5. The molecule has 2 aliphatic heterocycles. The van der Waals surface area contributed by atoms with Gasteiger partial charge in [0.15, 0.2) is 0 Å². The van der Waals surface area contributed by atoms with Crippen LogP contribution in [0.2, 0.25) is 0 Å². The highest BCUT2D eigenvalue weighted by molar-refractivity contribution is 5.95. The third-order valence-electron chi connectivity index (χ3n) is 5.25. The van der Waals surface area contributed by atoms with E-state index in [1.165, 1.54) is 28.8 Å². The van der Waals surface area contributed by atoms with Gasteiger partial charge in [-0.15, -0.1) is 0 Å². The van der Waals surface area contributed by atoms with Crippen LogP contribution in [0.15, 0.2) is 41.3 Å². The number of pyridine rings is 1. The first kappa shape index (κ1) is 16.0. The highest BCUT2D eigenvalue weighted by atomic mass is 19.1. The maximum atomic E-state index is 13.1. The SMILES string of the molecule is Cc1ccn(-c2ccc(F)cc2)c(=O)c1C(=O)N[C@H]1C[C@H]2CC[C@@H]1N2. The number of hydrogen-bond donors (Lipinski definition) is 2. The lowest BCUT2D eigenvalue weighted by atomic mass is 9.95. The zero-order chi connectivity index (χ0) is 17.6. The second-order valence-corrected chi connectivity index (χ2v) is 6.89. The average Bonchev–Trinajstić information content (AvgIpc) is 3.19. The second kappa shape index (κ2) is 6.11. The van der Waals surface area contributed by atoms with Gasteiger partial charge in [-0.25, -0.2) is 4.39 Å². The summed E-state index contributed by atoms with van der Waals surface area (Å²) in [5, 5.41) is 6.49. The number of hydrogen-bond acceptors (Lipinski definition) is 3. The first-order valence-electron chi connectivity index (χ1n) is 8.58. The lowest BCUT2D eigenvalue weighted by Crippen LogP contribution is -2.45. The summed E-state index contributed by atoms with van der Waals surface area (Å²) >= 11 is 0. The van der Waals surface area contributed by atoms with E-state index in [-0.39, 0.29) is 28.9 Å². The van der Waals surface area contributed by atoms with E-state index in [0.717, 1.165) is 19.3 Å². The minimum Gasteiger partial charge on any atom is -0.347 e. The zero-order valence-corrected chi connectivity index (χ0v) is 14.0. The molecular weight excluding hydrogens is 321 g/mol. The molecule has 2 aliphatic rings. The second-order valence-electron chi connectivity index (χ2n) is 6.89. The number of aryl methyl sites for hydroxylation is 1. The summed E-state index contributed by atoms with van der Waals surface area (Å²) in [5.74, 6) is -0.705. The van der Waals surface area contributed by atoms with Crippen LogP contribution in [0.1, 0.15) is 35.2 Å². The summed E-state index contributed by atoms with van der Waals surface area (Å²) in [6.45, 7) is 1.75. The van der Waals surface area contributed by atoms with Crippen molar-refractivity contribution in [2.75, 3.05) is 0 Å². The van der Waals surface area contributed by atoms with Crippen molar-refractivity contribution >= 4 is 5.91 Å². The molecule has 1 aromatic heterocycles. The Labute approximate surface area is 144 Å². The standard InChI is InChI=1S/C19H20FN3O2/c1-11-8-9-23(14-5-2-12(20)3-6-14)19(25)17(11)18(24)22-16-10-13-4-7-15(16)21-13/h2-3,5-6,8-9,13,15-16,21H,4,7,10H2,1H3,(H,22,24)/t13-,15+,16+/m1/s1. The Bertz CT molecular complexity index is 875. The van der Waals surface area contributed by atoms with Gasteiger partial charge in [-0.3, -0.25) is 14.2 Å². The predicted molar refractivity (Wildman–Crippen MR) is 92.6 cm³/mol. The van der Waals surface area contributed by atoms with Crippen molar-refractivity contribution in [3.8, 4) is 5.69 Å². The van der Waals surface area contributed by atoms with Gasteiger partial charge in [0.1, 0.15) is 11.4 Å². The minimum atomic E-state index is -0.389. The van der Waals surface area contributed by atoms with E-state index in [4.69, 9.17) is 0 Å². The molecule has 2 bridgehead atoms. The molecule has 25 heavy (non-hydrogen) atoms. The molecule has 2 saturated heterocycles. The topological polar surface area (TPSA) is 63.1 Å². The van der Waals surface area contributed by atoms with Crippen molar-refractivity contribution in [3.63, 3.8) is 0 Å². The molecule has 3 heterocycles. The Balaban J connectivity index is 1.64. The fourth-order valence-corrected chi connectivity index (χ4v) is 3.93. The van der Waals surface area contributed by atoms with Gasteiger partial charge in [-0.2, -0.15) is 0 Å². The number of aromatic nitrogens is 1. The number of nitrogens with one attached hydrogen (secondary N) is 2. The summed E-state index contributed by atoms with van der Waals surface area (Å²) in [5.41, 5.74) is 0.925. The molecule has 5 nitrogen and oxygen atoms in total. The molecule has 2 N–H and O–H groups in total. The van der Waals surface area contributed by atoms with E-state index < -0.39 is 0 Å². The molecule has 2 aromatic rings. The largest absolute Gasteiger partial charge is 0.347 e. The Morgan fingerprint density at radius 2 is 2.00 bits per heavy atom. The van der Waals surface area contributed by atoms with Gasteiger partial charge in [0.05, 0.1) is 0 Å². The number of fused-ring (bicyclic) bond motifs is 2. The number of amides is 1. The minimum absolute atomic E-state index is 0.0736. The Hall–Kier alpha value is -2.47. The van der Waals surface area contributed by atoms with Crippen molar-refractivity contribution in [1.29, 1.82) is 0 Å². The molecule has 0 spiro atoms. The van der Waals surface area contributed by atoms with Gasteiger partial charge in [0.25, 0.3) is 11.5 Å². The Morgan fingerprint density at radius 1 is 1.24 bits per heavy atom. The molecule has 0 aliphatic carbocycles. The lowest BCUT2D eigenvalue weighted by Gasteiger charge is -2.22. The summed E-state index contributed by atoms with van der Waals surface area (Å²) in [6.07, 6.45) is 4.73. The Morgan fingerprint density at radius 3 is 2.64 bits per heavy atom. The van der Waals surface area contributed by atoms with E-state index >= 15 is 0 Å². The molecule has 1 aromatic carbocycles. The van der Waals surface area contributed by atoms with E-state index in [2.05, 4.69) is 10.6 Å². The first-order chi connectivity index (χ1) is 12.0. The molecule has 3 atom stereocenters. The maximum absolute atomic E-state index is 13.1. The number of carbonyl (C=O) groups excluding carboxylic acids is 1. The molecular formula is C19H20FN3O2. The normalized spacial score (nSPS) is 24.5. The van der Waals surface area contributed by atoms with Crippen molar-refractivity contribution in [1.82, 2.24) is 15.2 Å². The summed E-state index contributed by atoms with van der Waals surface area (Å²) in [6, 6.07) is 8.22. The quantitative estimate of drug-likeness (QED) is 0.896. The van der Waals surface area contributed by atoms with Crippen molar-refractivity contribution in [2.24, 2.45) is 0 Å². The maximum Gasteiger partial charge on any atom is 0.268 e. The number of nitrogens with zero attached hydrogens (tertiary/aromatic N) is 1. The summed E-state index contributed by atoms with van der Waals surface area (Å²) in [4.78, 5) is 25.6. The van der Waals surface area contributed by atoms with Gasteiger partial charge in [-0.1, -0.05) is 0 Å². The van der Waals surface area contributed by atoms with Crippen LogP contribution >= 0.6 is 0 Å². The number of carbonyl (C=O) groups is 1. The van der Waals surface area contributed by atoms with Gasteiger partial charge in [0.2, 0.25) is 0 Å². The highest BCUT2D eigenvalue weighted by Crippen LogP contribution is 2.28. The smallest absolute Gasteiger partial charge is 0.268 e. The van der Waals surface area contributed by atoms with Crippen molar-refractivity contribution in [3.05, 3.63) is 63.8 Å². The van der Waals surface area contributed by atoms with Crippen LogP contribution in [0, 0.1) is 12.7 Å². The summed E-state index contributed by atoms with van der Waals surface area (Å²) in [7, 11) is 0. The molecule has 0 saturated carbocycles. The van der Waals surface area contributed by atoms with Gasteiger partial charge < -0.3 is 10.6 Å². The third kappa shape index (κ3) is 2.87. The fourth-order valence-electron chi connectivity index (χ4n) is 3.93. The molecule has 0 unspecified atom stereocenters. The van der Waals surface area contributed by atoms with E-state index in [9.17, 15) is 14.0 Å². The fraction of sp³-hybridized carbons (Fsp3) is 0.368. The molecule has 1 amide bonds. The van der Waals surface area contributed by atoms with Crippen molar-refractivity contribution in [2.45, 2.75) is 44.3 Å². The van der Waals surface area contributed by atoms with Crippen LogP contribution in [-0.4, -0.2) is 28.6 Å². The Kier molecular flexibility index (Phi) is 3.92. The van der Waals surface area contributed by atoms with Crippen molar-refractivity contribution < 1.29 is 9.18 Å². The monoisotopic (exact) mass is 341 g/mol. The van der Waals surface area contributed by atoms with Crippen LogP contribution in [0.4, 0.5) is 4.39 Å². The number of benzene rings is 1. The lowest BCUT2D eigenvalue weighted by molar-refractivity contribution is 0.0928. The van der Waals surface area contributed by atoms with E-state index in [1.807, 2.05) is 0 Å². The van der Waals surface area contributed by atoms with Gasteiger partial charge in [0, 0.05) is 30.0 Å².